The van der Waals surface area contributed by atoms with E-state index in [1.54, 1.807) is 45.0 Å². The Kier molecular flexibility index (Phi) is 5.27. The molecule has 0 bridgehead atoms. The van der Waals surface area contributed by atoms with Gasteiger partial charge in [-0.05, 0) is 50.2 Å². The second-order valence-electron chi connectivity index (χ2n) is 6.69. The smallest absolute Gasteiger partial charge is 0.361 e. The maximum Gasteiger partial charge on any atom is 0.416 e. The number of aromatic nitrogens is 4. The molecule has 2 aromatic heterocycles. The minimum atomic E-state index is -4.56. The molecule has 2 heterocycles. The third kappa shape index (κ3) is 4.36. The van der Waals surface area contributed by atoms with Crippen molar-refractivity contribution in [3.8, 4) is 5.69 Å². The molecule has 0 unspecified atom stereocenters. The Balaban J connectivity index is 2.01. The SMILES string of the molecule is Cc1cc(C)n(-c2ccc(C(F)(F)F)cc2NC(=O)c2ccc(N(C)C)nn2)n1. The van der Waals surface area contributed by atoms with Crippen molar-refractivity contribution in [1.82, 2.24) is 20.0 Å². The molecule has 7 nitrogen and oxygen atoms in total. The van der Waals surface area contributed by atoms with E-state index in [0.29, 0.717) is 22.9 Å². The van der Waals surface area contributed by atoms with Gasteiger partial charge in [0, 0.05) is 19.8 Å². The number of halogens is 3. The molecule has 0 fully saturated rings. The Bertz CT molecular complexity index is 1040. The van der Waals surface area contributed by atoms with Crippen molar-refractivity contribution in [2.75, 3.05) is 24.3 Å². The molecule has 0 spiro atoms. The number of aryl methyl sites for hydroxylation is 2. The monoisotopic (exact) mass is 404 g/mol. The highest BCUT2D eigenvalue weighted by atomic mass is 19.4. The summed E-state index contributed by atoms with van der Waals surface area (Å²) in [6.45, 7) is 3.54. The van der Waals surface area contributed by atoms with Gasteiger partial charge in [-0.15, -0.1) is 10.2 Å². The highest BCUT2D eigenvalue weighted by Gasteiger charge is 2.31. The Morgan fingerprint density at radius 3 is 2.31 bits per heavy atom. The molecule has 0 saturated carbocycles. The number of benzene rings is 1. The molecule has 0 radical (unpaired) electrons. The number of amides is 1. The molecule has 0 atom stereocenters. The van der Waals surface area contributed by atoms with E-state index >= 15 is 0 Å². The number of nitrogens with one attached hydrogen (secondary N) is 1. The lowest BCUT2D eigenvalue weighted by molar-refractivity contribution is -0.137. The zero-order valence-electron chi connectivity index (χ0n) is 16.2. The number of hydrogen-bond acceptors (Lipinski definition) is 5. The summed E-state index contributed by atoms with van der Waals surface area (Å²) in [6.07, 6.45) is -4.56. The number of rotatable bonds is 4. The van der Waals surface area contributed by atoms with Crippen LogP contribution >= 0.6 is 0 Å². The van der Waals surface area contributed by atoms with Crippen molar-refractivity contribution in [3.05, 3.63) is 59.0 Å². The molecule has 152 valence electrons. The number of anilines is 2. The van der Waals surface area contributed by atoms with Crippen LogP contribution in [0.25, 0.3) is 5.69 Å². The van der Waals surface area contributed by atoms with Crippen molar-refractivity contribution in [1.29, 1.82) is 0 Å². The summed E-state index contributed by atoms with van der Waals surface area (Å²) in [6, 6.07) is 7.94. The van der Waals surface area contributed by atoms with Crippen LogP contribution in [0.5, 0.6) is 0 Å². The van der Waals surface area contributed by atoms with Gasteiger partial charge >= 0.3 is 6.18 Å². The normalized spacial score (nSPS) is 11.4. The summed E-state index contributed by atoms with van der Waals surface area (Å²) in [7, 11) is 3.54. The van der Waals surface area contributed by atoms with Crippen molar-refractivity contribution < 1.29 is 18.0 Å². The lowest BCUT2D eigenvalue weighted by Gasteiger charge is -2.16. The van der Waals surface area contributed by atoms with E-state index < -0.39 is 17.6 Å². The standard InChI is InChI=1S/C19H19F3N6O/c1-11-9-12(2)28(26-11)16-7-5-13(19(20,21)22)10-15(16)23-18(29)14-6-8-17(25-24-14)27(3)4/h5-10H,1-4H3,(H,23,29). The van der Waals surface area contributed by atoms with E-state index in [1.807, 2.05) is 0 Å². The third-order valence-electron chi connectivity index (χ3n) is 4.15. The summed E-state index contributed by atoms with van der Waals surface area (Å²) in [4.78, 5) is 14.3. The van der Waals surface area contributed by atoms with Gasteiger partial charge < -0.3 is 10.2 Å². The van der Waals surface area contributed by atoms with Gasteiger partial charge in [0.05, 0.1) is 22.6 Å². The largest absolute Gasteiger partial charge is 0.416 e. The highest BCUT2D eigenvalue weighted by Crippen LogP contribution is 2.34. The van der Waals surface area contributed by atoms with Crippen LogP contribution in [0.3, 0.4) is 0 Å². The number of nitrogens with zero attached hydrogens (tertiary/aromatic N) is 5. The van der Waals surface area contributed by atoms with E-state index in [2.05, 4.69) is 20.6 Å². The summed E-state index contributed by atoms with van der Waals surface area (Å²) in [5.41, 5.74) is 0.793. The predicted molar refractivity (Wildman–Crippen MR) is 102 cm³/mol. The van der Waals surface area contributed by atoms with Crippen molar-refractivity contribution >= 4 is 17.4 Å². The van der Waals surface area contributed by atoms with Gasteiger partial charge in [-0.25, -0.2) is 4.68 Å². The third-order valence-corrected chi connectivity index (χ3v) is 4.15. The second-order valence-corrected chi connectivity index (χ2v) is 6.69. The van der Waals surface area contributed by atoms with Crippen LogP contribution in [-0.2, 0) is 6.18 Å². The Labute approximate surface area is 165 Å². The number of carbonyl (C=O) groups excluding carboxylic acids is 1. The van der Waals surface area contributed by atoms with Crippen molar-refractivity contribution in [2.45, 2.75) is 20.0 Å². The zero-order chi connectivity index (χ0) is 21.3. The number of alkyl halides is 3. The van der Waals surface area contributed by atoms with Gasteiger partial charge in [0.2, 0.25) is 0 Å². The lowest BCUT2D eigenvalue weighted by Crippen LogP contribution is -2.18. The van der Waals surface area contributed by atoms with E-state index in [4.69, 9.17) is 0 Å². The molecule has 10 heteroatoms. The van der Waals surface area contributed by atoms with E-state index in [-0.39, 0.29) is 11.4 Å². The quantitative estimate of drug-likeness (QED) is 0.719. The molecule has 0 saturated heterocycles. The molecule has 0 aliphatic carbocycles. The van der Waals surface area contributed by atoms with Crippen LogP contribution in [0, 0.1) is 13.8 Å². The second kappa shape index (κ2) is 7.53. The minimum Gasteiger partial charge on any atom is -0.361 e. The fourth-order valence-electron chi connectivity index (χ4n) is 2.74. The van der Waals surface area contributed by atoms with Gasteiger partial charge in [-0.3, -0.25) is 4.79 Å². The Hall–Kier alpha value is -3.43. The van der Waals surface area contributed by atoms with E-state index in [9.17, 15) is 18.0 Å². The summed E-state index contributed by atoms with van der Waals surface area (Å²) >= 11 is 0. The van der Waals surface area contributed by atoms with Gasteiger partial charge in [0.25, 0.3) is 5.91 Å². The van der Waals surface area contributed by atoms with Crippen LogP contribution in [0.1, 0.15) is 27.4 Å². The number of hydrogen-bond donors (Lipinski definition) is 1. The highest BCUT2D eigenvalue weighted by molar-refractivity contribution is 6.04. The number of carbonyl (C=O) groups is 1. The first-order valence-electron chi connectivity index (χ1n) is 8.63. The molecular weight excluding hydrogens is 385 g/mol. The molecule has 1 amide bonds. The summed E-state index contributed by atoms with van der Waals surface area (Å²) in [5.74, 6) is -0.131. The molecule has 0 aliphatic heterocycles. The van der Waals surface area contributed by atoms with Gasteiger partial charge in [0.1, 0.15) is 0 Å². The zero-order valence-corrected chi connectivity index (χ0v) is 16.2. The summed E-state index contributed by atoms with van der Waals surface area (Å²) in [5, 5.41) is 14.6. The molecule has 1 N–H and O–H groups in total. The first kappa shape index (κ1) is 20.3. The lowest BCUT2D eigenvalue weighted by atomic mass is 10.1. The van der Waals surface area contributed by atoms with Crippen LogP contribution in [0.2, 0.25) is 0 Å². The van der Waals surface area contributed by atoms with E-state index in [0.717, 1.165) is 12.1 Å². The molecule has 1 aromatic carbocycles. The maximum absolute atomic E-state index is 13.2. The maximum atomic E-state index is 13.2. The van der Waals surface area contributed by atoms with Crippen LogP contribution < -0.4 is 10.2 Å². The molecular formula is C19H19F3N6O. The molecule has 3 rings (SSSR count). The van der Waals surface area contributed by atoms with Crippen LogP contribution in [0.15, 0.2) is 36.4 Å². The molecule has 29 heavy (non-hydrogen) atoms. The van der Waals surface area contributed by atoms with Crippen LogP contribution in [0.4, 0.5) is 24.7 Å². The topological polar surface area (TPSA) is 75.9 Å². The van der Waals surface area contributed by atoms with Crippen LogP contribution in [-0.4, -0.2) is 40.0 Å². The average molecular weight is 404 g/mol. The Morgan fingerprint density at radius 2 is 1.79 bits per heavy atom. The predicted octanol–water partition coefficient (Wildman–Crippen LogP) is 3.62. The first-order valence-corrected chi connectivity index (χ1v) is 8.63. The van der Waals surface area contributed by atoms with E-state index in [1.165, 1.54) is 16.8 Å². The van der Waals surface area contributed by atoms with Crippen molar-refractivity contribution in [3.63, 3.8) is 0 Å². The van der Waals surface area contributed by atoms with Crippen molar-refractivity contribution in [2.24, 2.45) is 0 Å². The van der Waals surface area contributed by atoms with Gasteiger partial charge in [-0.2, -0.15) is 18.3 Å². The Morgan fingerprint density at radius 1 is 1.07 bits per heavy atom. The minimum absolute atomic E-state index is 0.0210. The first-order chi connectivity index (χ1) is 13.6. The molecule has 3 aromatic rings. The molecule has 0 aliphatic rings. The fraction of sp³-hybridized carbons (Fsp3) is 0.263. The fourth-order valence-corrected chi connectivity index (χ4v) is 2.74. The summed E-state index contributed by atoms with van der Waals surface area (Å²) < 4.78 is 41.1. The van der Waals surface area contributed by atoms with Gasteiger partial charge in [-0.1, -0.05) is 0 Å². The van der Waals surface area contributed by atoms with Gasteiger partial charge in [0.15, 0.2) is 11.5 Å². The average Bonchev–Trinajstić information content (AvgIpc) is 2.99.